The van der Waals surface area contributed by atoms with Crippen LogP contribution < -0.4 is 16.9 Å². The maximum Gasteiger partial charge on any atom is 0.270 e. The highest BCUT2D eigenvalue weighted by Gasteiger charge is 2.48. The largest absolute Gasteiger partial charge is 0.375 e. The van der Waals surface area contributed by atoms with Crippen LogP contribution in [0.15, 0.2) is 58.7 Å². The fourth-order valence-electron chi connectivity index (χ4n) is 3.16. The lowest BCUT2D eigenvalue weighted by Gasteiger charge is -2.35. The molecule has 1 unspecified atom stereocenters. The average Bonchev–Trinajstić information content (AvgIpc) is 3.14. The number of thioether (sulfide) groups is 1. The number of hydrogen-bond donors (Lipinski definition) is 3. The molecule has 31 heavy (non-hydrogen) atoms. The van der Waals surface area contributed by atoms with E-state index in [9.17, 15) is 13.6 Å². The molecule has 1 aliphatic rings. The van der Waals surface area contributed by atoms with Crippen molar-refractivity contribution in [1.29, 1.82) is 0 Å². The molecule has 0 bridgehead atoms. The van der Waals surface area contributed by atoms with Gasteiger partial charge in [-0.2, -0.15) is 5.10 Å². The summed E-state index contributed by atoms with van der Waals surface area (Å²) in [4.78, 5) is 11.9. The van der Waals surface area contributed by atoms with Gasteiger partial charge < -0.3 is 21.6 Å². The zero-order valence-corrected chi connectivity index (χ0v) is 17.5. The van der Waals surface area contributed by atoms with E-state index in [-0.39, 0.29) is 29.7 Å². The first kappa shape index (κ1) is 22.5. The number of guanidine groups is 1. The molecule has 1 amide bonds. The summed E-state index contributed by atoms with van der Waals surface area (Å²) in [6.45, 7) is 0.0316. The minimum Gasteiger partial charge on any atom is -0.375 e. The van der Waals surface area contributed by atoms with E-state index in [1.54, 1.807) is 0 Å². The molecule has 1 aliphatic heterocycles. The Morgan fingerprint density at radius 1 is 1.26 bits per heavy atom. The second-order valence-electron chi connectivity index (χ2n) is 6.62. The van der Waals surface area contributed by atoms with Gasteiger partial charge in [0.05, 0.1) is 0 Å². The Bertz CT molecular complexity index is 1000. The number of halogens is 2. The second kappa shape index (κ2) is 9.75. The van der Waals surface area contributed by atoms with Gasteiger partial charge in [-0.25, -0.2) is 13.8 Å². The first-order valence-electron chi connectivity index (χ1n) is 9.29. The standard InChI is InChI=1S/C20H22F2N6O2S/c1-30-12-17(29)28-20(9-10-25-26-19(23)24,13-5-3-2-4-6-13)31-18(27-28)15-11-14(21)7-8-16(15)22/h2-8,11,25H,9-10,12H2,1H3,(H4,23,24,26). The van der Waals surface area contributed by atoms with Crippen LogP contribution >= 0.6 is 11.8 Å². The molecule has 2 aromatic carbocycles. The highest BCUT2D eigenvalue weighted by molar-refractivity contribution is 8.15. The van der Waals surface area contributed by atoms with Gasteiger partial charge in [0.15, 0.2) is 0 Å². The maximum absolute atomic E-state index is 14.5. The normalized spacial score (nSPS) is 17.9. The van der Waals surface area contributed by atoms with Gasteiger partial charge in [0, 0.05) is 25.6 Å². The van der Waals surface area contributed by atoms with Gasteiger partial charge in [-0.3, -0.25) is 4.79 Å². The van der Waals surface area contributed by atoms with Crippen LogP contribution in [-0.2, 0) is 14.4 Å². The Kier molecular flexibility index (Phi) is 7.08. The van der Waals surface area contributed by atoms with Crippen LogP contribution in [0.3, 0.4) is 0 Å². The molecule has 11 heteroatoms. The molecule has 8 nitrogen and oxygen atoms in total. The molecular weight excluding hydrogens is 426 g/mol. The van der Waals surface area contributed by atoms with Crippen molar-refractivity contribution in [2.45, 2.75) is 11.3 Å². The molecule has 0 saturated heterocycles. The van der Waals surface area contributed by atoms with Crippen molar-refractivity contribution >= 4 is 28.7 Å². The summed E-state index contributed by atoms with van der Waals surface area (Å²) in [6.07, 6.45) is 0.303. The van der Waals surface area contributed by atoms with Crippen LogP contribution in [0.2, 0.25) is 0 Å². The van der Waals surface area contributed by atoms with E-state index < -0.39 is 22.4 Å². The van der Waals surface area contributed by atoms with Gasteiger partial charge in [-0.05, 0) is 23.8 Å². The molecule has 5 N–H and O–H groups in total. The molecule has 2 aromatic rings. The highest BCUT2D eigenvalue weighted by atomic mass is 32.2. The zero-order valence-electron chi connectivity index (χ0n) is 16.7. The van der Waals surface area contributed by atoms with Gasteiger partial charge in [0.25, 0.3) is 5.91 Å². The van der Waals surface area contributed by atoms with E-state index in [2.05, 4.69) is 15.6 Å². The van der Waals surface area contributed by atoms with Crippen LogP contribution in [0.5, 0.6) is 0 Å². The molecule has 164 valence electrons. The summed E-state index contributed by atoms with van der Waals surface area (Å²) in [5, 5.41) is 9.57. The Morgan fingerprint density at radius 2 is 2.00 bits per heavy atom. The van der Waals surface area contributed by atoms with Gasteiger partial charge >= 0.3 is 0 Å². The van der Waals surface area contributed by atoms with Crippen molar-refractivity contribution in [3.8, 4) is 0 Å². The number of nitrogens with two attached hydrogens (primary N) is 2. The Morgan fingerprint density at radius 3 is 2.68 bits per heavy atom. The van der Waals surface area contributed by atoms with Gasteiger partial charge in [-0.15, -0.1) is 5.10 Å². The predicted molar refractivity (Wildman–Crippen MR) is 116 cm³/mol. The number of carbonyl (C=O) groups excluding carboxylic acids is 1. The minimum atomic E-state index is -1.06. The molecule has 0 aliphatic carbocycles. The zero-order chi connectivity index (χ0) is 22.4. The van der Waals surface area contributed by atoms with Crippen molar-refractivity contribution in [3.63, 3.8) is 0 Å². The fourth-order valence-corrected chi connectivity index (χ4v) is 4.56. The van der Waals surface area contributed by atoms with E-state index in [1.807, 2.05) is 30.3 Å². The van der Waals surface area contributed by atoms with Crippen molar-refractivity contribution in [3.05, 3.63) is 71.3 Å². The number of carbonyl (C=O) groups is 1. The first-order valence-corrected chi connectivity index (χ1v) is 10.1. The molecule has 0 saturated carbocycles. The average molecular weight is 448 g/mol. The SMILES string of the molecule is COCC(=O)N1N=C(c2cc(F)ccc2F)SC1(CCNN=C(N)N)c1ccccc1. The summed E-state index contributed by atoms with van der Waals surface area (Å²) >= 11 is 1.15. The van der Waals surface area contributed by atoms with Crippen molar-refractivity contribution in [2.24, 2.45) is 21.7 Å². The van der Waals surface area contributed by atoms with E-state index in [4.69, 9.17) is 16.2 Å². The third kappa shape index (κ3) is 4.94. The Balaban J connectivity index is 2.07. The van der Waals surface area contributed by atoms with E-state index in [0.29, 0.717) is 6.42 Å². The quantitative estimate of drug-likeness (QED) is 0.246. The van der Waals surface area contributed by atoms with Crippen molar-refractivity contribution in [2.75, 3.05) is 20.3 Å². The highest BCUT2D eigenvalue weighted by Crippen LogP contribution is 2.49. The molecule has 0 spiro atoms. The lowest BCUT2D eigenvalue weighted by molar-refractivity contribution is -0.138. The van der Waals surface area contributed by atoms with E-state index in [1.165, 1.54) is 12.1 Å². The fraction of sp³-hybridized carbons (Fsp3) is 0.250. The minimum absolute atomic E-state index is 0.0322. The van der Waals surface area contributed by atoms with E-state index in [0.717, 1.165) is 35.5 Å². The lowest BCUT2D eigenvalue weighted by atomic mass is 10.0. The number of benzene rings is 2. The van der Waals surface area contributed by atoms with Gasteiger partial charge in [0.1, 0.15) is 28.2 Å². The Hall–Kier alpha value is -3.18. The monoisotopic (exact) mass is 448 g/mol. The number of amides is 1. The number of rotatable bonds is 8. The van der Waals surface area contributed by atoms with Crippen LogP contribution in [0.4, 0.5) is 8.78 Å². The predicted octanol–water partition coefficient (Wildman–Crippen LogP) is 1.87. The molecule has 0 radical (unpaired) electrons. The molecule has 1 atom stereocenters. The van der Waals surface area contributed by atoms with Crippen molar-refractivity contribution < 1.29 is 18.3 Å². The summed E-state index contributed by atoms with van der Waals surface area (Å²) in [6, 6.07) is 12.3. The number of nitrogens with one attached hydrogen (secondary N) is 1. The first-order chi connectivity index (χ1) is 14.9. The van der Waals surface area contributed by atoms with Crippen LogP contribution in [-0.4, -0.2) is 42.2 Å². The number of methoxy groups -OCH3 is 1. The van der Waals surface area contributed by atoms with Crippen molar-refractivity contribution in [1.82, 2.24) is 10.4 Å². The van der Waals surface area contributed by atoms with Crippen LogP contribution in [0, 0.1) is 11.6 Å². The molecular formula is C20H22F2N6O2S. The second-order valence-corrected chi connectivity index (χ2v) is 7.88. The van der Waals surface area contributed by atoms with Crippen LogP contribution in [0.1, 0.15) is 17.5 Å². The van der Waals surface area contributed by atoms with E-state index >= 15 is 0 Å². The lowest BCUT2D eigenvalue weighted by Crippen LogP contribution is -2.44. The van der Waals surface area contributed by atoms with Gasteiger partial charge in [0.2, 0.25) is 5.96 Å². The summed E-state index contributed by atoms with van der Waals surface area (Å²) < 4.78 is 33.3. The molecule has 0 aromatic heterocycles. The number of nitrogens with zero attached hydrogens (tertiary/aromatic N) is 3. The summed E-state index contributed by atoms with van der Waals surface area (Å²) in [5.74, 6) is -1.83. The number of hydrogen-bond acceptors (Lipinski definition) is 6. The molecule has 3 rings (SSSR count). The summed E-state index contributed by atoms with van der Waals surface area (Å²) in [7, 11) is 1.39. The summed E-state index contributed by atoms with van der Waals surface area (Å²) in [5.41, 5.74) is 14.2. The maximum atomic E-state index is 14.5. The number of hydrazone groups is 2. The topological polar surface area (TPSA) is 118 Å². The Labute approximate surface area is 182 Å². The molecule has 0 fully saturated rings. The van der Waals surface area contributed by atoms with Crippen LogP contribution in [0.25, 0.3) is 0 Å². The smallest absolute Gasteiger partial charge is 0.270 e. The number of ether oxygens (including phenoxy) is 1. The molecule has 1 heterocycles. The third-order valence-electron chi connectivity index (χ3n) is 4.47. The van der Waals surface area contributed by atoms with Gasteiger partial charge in [-0.1, -0.05) is 42.1 Å². The third-order valence-corrected chi connectivity index (χ3v) is 5.92.